The summed E-state index contributed by atoms with van der Waals surface area (Å²) in [6, 6.07) is 15.0. The van der Waals surface area contributed by atoms with Crippen LogP contribution in [0.2, 0.25) is 0 Å². The van der Waals surface area contributed by atoms with Gasteiger partial charge in [0, 0.05) is 23.9 Å². The van der Waals surface area contributed by atoms with Crippen molar-refractivity contribution in [2.24, 2.45) is 5.73 Å². The Bertz CT molecular complexity index is 1090. The van der Waals surface area contributed by atoms with E-state index in [-0.39, 0.29) is 22.7 Å². The number of anilines is 1. The maximum atomic E-state index is 13.9. The summed E-state index contributed by atoms with van der Waals surface area (Å²) in [5.74, 6) is -1.42. The molecule has 146 valence electrons. The fourth-order valence-corrected chi connectivity index (χ4v) is 3.75. The standard InChI is InChI=1S/C20H18F2N2O3S/c21-15-6-9-18(19(22)11-15)13-4-7-17(8-5-13)28(26,27)24-16-3-1-2-14(10-16)20(25)12-23/h1-11,20,24-25H,12,23H2. The van der Waals surface area contributed by atoms with Crippen LogP contribution in [0.5, 0.6) is 0 Å². The number of aliphatic hydroxyl groups is 1. The van der Waals surface area contributed by atoms with Gasteiger partial charge in [-0.1, -0.05) is 24.3 Å². The maximum Gasteiger partial charge on any atom is 0.261 e. The van der Waals surface area contributed by atoms with Crippen molar-refractivity contribution in [3.63, 3.8) is 0 Å². The van der Waals surface area contributed by atoms with E-state index in [9.17, 15) is 22.3 Å². The van der Waals surface area contributed by atoms with Crippen LogP contribution in [-0.4, -0.2) is 20.1 Å². The lowest BCUT2D eigenvalue weighted by Crippen LogP contribution is -2.14. The normalized spacial score (nSPS) is 12.6. The van der Waals surface area contributed by atoms with Crippen LogP contribution in [0.25, 0.3) is 11.1 Å². The molecule has 3 aromatic rings. The number of hydrogen-bond acceptors (Lipinski definition) is 4. The van der Waals surface area contributed by atoms with Crippen LogP contribution in [0.1, 0.15) is 11.7 Å². The molecule has 1 unspecified atom stereocenters. The molecule has 5 nitrogen and oxygen atoms in total. The first-order valence-electron chi connectivity index (χ1n) is 8.36. The van der Waals surface area contributed by atoms with Gasteiger partial charge in [-0.05, 0) is 47.5 Å². The molecule has 0 aromatic heterocycles. The van der Waals surface area contributed by atoms with Crippen molar-refractivity contribution in [2.75, 3.05) is 11.3 Å². The van der Waals surface area contributed by atoms with E-state index >= 15 is 0 Å². The summed E-state index contributed by atoms with van der Waals surface area (Å²) in [6.07, 6.45) is -0.894. The summed E-state index contributed by atoms with van der Waals surface area (Å²) in [6.45, 7) is 0.0115. The first kappa shape index (κ1) is 19.9. The van der Waals surface area contributed by atoms with E-state index in [4.69, 9.17) is 5.73 Å². The fourth-order valence-electron chi connectivity index (χ4n) is 2.70. The molecule has 28 heavy (non-hydrogen) atoms. The number of sulfonamides is 1. The van der Waals surface area contributed by atoms with E-state index in [2.05, 4.69) is 4.72 Å². The molecule has 0 saturated heterocycles. The molecule has 0 radical (unpaired) electrons. The van der Waals surface area contributed by atoms with Crippen LogP contribution in [0.4, 0.5) is 14.5 Å². The fraction of sp³-hybridized carbons (Fsp3) is 0.100. The number of nitrogens with one attached hydrogen (secondary N) is 1. The molecular formula is C20H18F2N2O3S. The summed E-state index contributed by atoms with van der Waals surface area (Å²) in [5.41, 5.74) is 6.77. The minimum atomic E-state index is -3.89. The van der Waals surface area contributed by atoms with Crippen LogP contribution in [0.15, 0.2) is 71.6 Å². The summed E-state index contributed by atoms with van der Waals surface area (Å²) in [5, 5.41) is 9.79. The van der Waals surface area contributed by atoms with Gasteiger partial charge in [0.05, 0.1) is 11.0 Å². The van der Waals surface area contributed by atoms with E-state index in [0.717, 1.165) is 12.1 Å². The molecule has 0 bridgehead atoms. The molecule has 0 aliphatic heterocycles. The average molecular weight is 404 g/mol. The number of aliphatic hydroxyl groups excluding tert-OH is 1. The Hall–Kier alpha value is -2.81. The Morgan fingerprint density at radius 2 is 1.71 bits per heavy atom. The van der Waals surface area contributed by atoms with Crippen LogP contribution in [-0.2, 0) is 10.0 Å². The number of benzene rings is 3. The van der Waals surface area contributed by atoms with Crippen LogP contribution in [0.3, 0.4) is 0 Å². The second kappa shape index (κ2) is 8.05. The molecule has 0 saturated carbocycles. The SMILES string of the molecule is NCC(O)c1cccc(NS(=O)(=O)c2ccc(-c3ccc(F)cc3F)cc2)c1. The van der Waals surface area contributed by atoms with Gasteiger partial charge in [-0.15, -0.1) is 0 Å². The first-order chi connectivity index (χ1) is 13.3. The van der Waals surface area contributed by atoms with Gasteiger partial charge < -0.3 is 10.8 Å². The van der Waals surface area contributed by atoms with Crippen molar-refractivity contribution >= 4 is 15.7 Å². The Morgan fingerprint density at radius 1 is 1.00 bits per heavy atom. The maximum absolute atomic E-state index is 13.9. The van der Waals surface area contributed by atoms with Gasteiger partial charge in [0.25, 0.3) is 10.0 Å². The van der Waals surface area contributed by atoms with Gasteiger partial charge in [-0.2, -0.15) is 0 Å². The van der Waals surface area contributed by atoms with Crippen molar-refractivity contribution in [3.05, 3.63) is 83.9 Å². The topological polar surface area (TPSA) is 92.4 Å². The first-order valence-corrected chi connectivity index (χ1v) is 9.85. The molecule has 3 rings (SSSR count). The van der Waals surface area contributed by atoms with Crippen LogP contribution < -0.4 is 10.5 Å². The highest BCUT2D eigenvalue weighted by molar-refractivity contribution is 7.92. The van der Waals surface area contributed by atoms with E-state index in [1.165, 1.54) is 36.4 Å². The predicted octanol–water partition coefficient (Wildman–Crippen LogP) is 3.42. The molecule has 0 fully saturated rings. The van der Waals surface area contributed by atoms with Crippen molar-refractivity contribution in [3.8, 4) is 11.1 Å². The lowest BCUT2D eigenvalue weighted by molar-refractivity contribution is 0.187. The molecular weight excluding hydrogens is 386 g/mol. The van der Waals surface area contributed by atoms with Gasteiger partial charge in [-0.25, -0.2) is 17.2 Å². The summed E-state index contributed by atoms with van der Waals surface area (Å²) in [7, 11) is -3.89. The monoisotopic (exact) mass is 404 g/mol. The third-order valence-electron chi connectivity index (χ3n) is 4.15. The van der Waals surface area contributed by atoms with Gasteiger partial charge in [0.2, 0.25) is 0 Å². The minimum Gasteiger partial charge on any atom is -0.387 e. The summed E-state index contributed by atoms with van der Waals surface area (Å²) in [4.78, 5) is -0.0245. The van der Waals surface area contributed by atoms with E-state index < -0.39 is 27.8 Å². The van der Waals surface area contributed by atoms with E-state index in [0.29, 0.717) is 11.1 Å². The Labute approximate surface area is 161 Å². The Kier molecular flexibility index (Phi) is 5.73. The van der Waals surface area contributed by atoms with Gasteiger partial charge in [0.15, 0.2) is 0 Å². The molecule has 0 heterocycles. The van der Waals surface area contributed by atoms with Crippen molar-refractivity contribution in [1.29, 1.82) is 0 Å². The summed E-state index contributed by atoms with van der Waals surface area (Å²) < 4.78 is 54.5. The molecule has 0 aliphatic carbocycles. The number of hydrogen-bond donors (Lipinski definition) is 3. The van der Waals surface area contributed by atoms with Crippen molar-refractivity contribution < 1.29 is 22.3 Å². The molecule has 4 N–H and O–H groups in total. The molecule has 0 aliphatic rings. The lowest BCUT2D eigenvalue weighted by Gasteiger charge is -2.12. The third-order valence-corrected chi connectivity index (χ3v) is 5.55. The molecule has 0 spiro atoms. The number of rotatable bonds is 6. The minimum absolute atomic E-state index is 0.0115. The highest BCUT2D eigenvalue weighted by Crippen LogP contribution is 2.26. The summed E-state index contributed by atoms with van der Waals surface area (Å²) >= 11 is 0. The van der Waals surface area contributed by atoms with Crippen LogP contribution >= 0.6 is 0 Å². The van der Waals surface area contributed by atoms with Gasteiger partial charge in [0.1, 0.15) is 11.6 Å². The quantitative estimate of drug-likeness (QED) is 0.587. The van der Waals surface area contributed by atoms with Gasteiger partial charge in [-0.3, -0.25) is 4.72 Å². The van der Waals surface area contributed by atoms with E-state index in [1.807, 2.05) is 0 Å². The molecule has 0 amide bonds. The Morgan fingerprint density at radius 3 is 2.36 bits per heavy atom. The second-order valence-corrected chi connectivity index (χ2v) is 7.81. The largest absolute Gasteiger partial charge is 0.387 e. The second-order valence-electron chi connectivity index (χ2n) is 6.13. The predicted molar refractivity (Wildman–Crippen MR) is 103 cm³/mol. The zero-order valence-corrected chi connectivity index (χ0v) is 15.5. The highest BCUT2D eigenvalue weighted by atomic mass is 32.2. The zero-order valence-electron chi connectivity index (χ0n) is 14.6. The van der Waals surface area contributed by atoms with E-state index in [1.54, 1.807) is 18.2 Å². The number of halogens is 2. The number of nitrogens with two attached hydrogens (primary N) is 1. The average Bonchev–Trinajstić information content (AvgIpc) is 2.67. The molecule has 3 aromatic carbocycles. The van der Waals surface area contributed by atoms with Crippen LogP contribution in [0, 0.1) is 11.6 Å². The highest BCUT2D eigenvalue weighted by Gasteiger charge is 2.16. The van der Waals surface area contributed by atoms with Crippen molar-refractivity contribution in [2.45, 2.75) is 11.0 Å². The van der Waals surface area contributed by atoms with Crippen molar-refractivity contribution in [1.82, 2.24) is 0 Å². The Balaban J connectivity index is 1.85. The zero-order chi connectivity index (χ0) is 20.3. The molecule has 8 heteroatoms. The third kappa shape index (κ3) is 4.36. The molecule has 1 atom stereocenters. The smallest absolute Gasteiger partial charge is 0.261 e. The van der Waals surface area contributed by atoms with Gasteiger partial charge >= 0.3 is 0 Å². The lowest BCUT2D eigenvalue weighted by atomic mass is 10.1.